The third kappa shape index (κ3) is 2.48. The molecule has 1 aliphatic rings. The summed E-state index contributed by atoms with van der Waals surface area (Å²) in [5.74, 6) is 2.15. The highest BCUT2D eigenvalue weighted by Crippen LogP contribution is 2.40. The third-order valence-corrected chi connectivity index (χ3v) is 4.88. The van der Waals surface area contributed by atoms with Gasteiger partial charge in [-0.3, -0.25) is 4.79 Å². The zero-order valence-electron chi connectivity index (χ0n) is 13.8. The summed E-state index contributed by atoms with van der Waals surface area (Å²) in [4.78, 5) is 12.8. The molecule has 0 spiro atoms. The van der Waals surface area contributed by atoms with Crippen LogP contribution >= 0.6 is 0 Å². The highest BCUT2D eigenvalue weighted by Gasteiger charge is 2.33. The average Bonchev–Trinajstić information content (AvgIpc) is 3.02. The molecule has 3 aromatic rings. The average molecular weight is 316 g/mol. The lowest BCUT2D eigenvalue weighted by Crippen LogP contribution is -2.18. The maximum absolute atomic E-state index is 12.8. The van der Waals surface area contributed by atoms with Gasteiger partial charge < -0.3 is 4.42 Å². The summed E-state index contributed by atoms with van der Waals surface area (Å²) in [7, 11) is 0. The normalized spacial score (nSPS) is 16.9. The second-order valence-corrected chi connectivity index (χ2v) is 6.37. The first-order valence-electron chi connectivity index (χ1n) is 8.56. The predicted molar refractivity (Wildman–Crippen MR) is 95.4 cm³/mol. The van der Waals surface area contributed by atoms with Gasteiger partial charge in [-0.1, -0.05) is 67.6 Å². The molecular weight excluding hydrogens is 296 g/mol. The summed E-state index contributed by atoms with van der Waals surface area (Å²) in [5.41, 5.74) is 4.16. The standard InChI is InChI=1S/C22H20O2/c1-2-18-21-19(23)13-17(15-9-5-3-6-10-15)14-20(21)24-22(18)16-11-7-4-8-12-16/h3-12,17H,2,13-14H2,1H3. The van der Waals surface area contributed by atoms with Gasteiger partial charge in [0.15, 0.2) is 5.78 Å². The lowest BCUT2D eigenvalue weighted by molar-refractivity contribution is 0.0960. The molecule has 2 heteroatoms. The predicted octanol–water partition coefficient (Wildman–Crippen LogP) is 5.42. The Balaban J connectivity index is 1.78. The molecule has 1 aliphatic carbocycles. The topological polar surface area (TPSA) is 30.2 Å². The van der Waals surface area contributed by atoms with Gasteiger partial charge in [0, 0.05) is 24.0 Å². The summed E-state index contributed by atoms with van der Waals surface area (Å²) in [6.07, 6.45) is 2.17. The van der Waals surface area contributed by atoms with Gasteiger partial charge in [-0.15, -0.1) is 0 Å². The number of carbonyl (C=O) groups excluding carboxylic acids is 1. The van der Waals surface area contributed by atoms with E-state index in [-0.39, 0.29) is 11.7 Å². The molecule has 0 saturated heterocycles. The molecule has 0 saturated carbocycles. The van der Waals surface area contributed by atoms with Crippen LogP contribution in [0.4, 0.5) is 0 Å². The van der Waals surface area contributed by atoms with Crippen LogP contribution in [-0.4, -0.2) is 5.78 Å². The number of carbonyl (C=O) groups is 1. The SMILES string of the molecule is CCc1c(-c2ccccc2)oc2c1C(=O)CC(c1ccccc1)C2. The van der Waals surface area contributed by atoms with Gasteiger partial charge in [-0.25, -0.2) is 0 Å². The number of fused-ring (bicyclic) bond motifs is 1. The highest BCUT2D eigenvalue weighted by molar-refractivity contribution is 6.01. The van der Waals surface area contributed by atoms with Crippen molar-refractivity contribution < 1.29 is 9.21 Å². The first-order valence-corrected chi connectivity index (χ1v) is 8.56. The minimum Gasteiger partial charge on any atom is -0.460 e. The fraction of sp³-hybridized carbons (Fsp3) is 0.227. The van der Waals surface area contributed by atoms with Crippen molar-refractivity contribution in [2.24, 2.45) is 0 Å². The Hall–Kier alpha value is -2.61. The van der Waals surface area contributed by atoms with E-state index in [0.29, 0.717) is 6.42 Å². The number of benzene rings is 2. The van der Waals surface area contributed by atoms with Gasteiger partial charge in [-0.2, -0.15) is 0 Å². The Bertz CT molecular complexity index is 860. The van der Waals surface area contributed by atoms with Crippen LogP contribution in [0.1, 0.15) is 46.5 Å². The van der Waals surface area contributed by atoms with Gasteiger partial charge in [0.1, 0.15) is 11.5 Å². The molecule has 1 unspecified atom stereocenters. The van der Waals surface area contributed by atoms with Crippen molar-refractivity contribution >= 4 is 5.78 Å². The van der Waals surface area contributed by atoms with E-state index >= 15 is 0 Å². The number of hydrogen-bond donors (Lipinski definition) is 0. The van der Waals surface area contributed by atoms with Crippen molar-refractivity contribution in [3.05, 3.63) is 83.1 Å². The fourth-order valence-electron chi connectivity index (χ4n) is 3.73. The van der Waals surface area contributed by atoms with Crippen LogP contribution < -0.4 is 0 Å². The van der Waals surface area contributed by atoms with Crippen LogP contribution in [0, 0.1) is 0 Å². The van der Waals surface area contributed by atoms with E-state index in [1.807, 2.05) is 48.5 Å². The van der Waals surface area contributed by atoms with Crippen molar-refractivity contribution in [2.45, 2.75) is 32.1 Å². The number of rotatable bonds is 3. The summed E-state index contributed by atoms with van der Waals surface area (Å²) in [5, 5.41) is 0. The van der Waals surface area contributed by atoms with Gasteiger partial charge in [0.25, 0.3) is 0 Å². The summed E-state index contributed by atoms with van der Waals surface area (Å²) >= 11 is 0. The summed E-state index contributed by atoms with van der Waals surface area (Å²) in [6, 6.07) is 20.4. The van der Waals surface area contributed by atoms with E-state index in [9.17, 15) is 4.79 Å². The first kappa shape index (κ1) is 14.9. The van der Waals surface area contributed by atoms with Crippen LogP contribution in [0.25, 0.3) is 11.3 Å². The van der Waals surface area contributed by atoms with Gasteiger partial charge in [0.2, 0.25) is 0 Å². The third-order valence-electron chi connectivity index (χ3n) is 4.88. The van der Waals surface area contributed by atoms with Crippen molar-refractivity contribution in [2.75, 3.05) is 0 Å². The van der Waals surface area contributed by atoms with Crippen LogP contribution in [0.15, 0.2) is 65.1 Å². The van der Waals surface area contributed by atoms with E-state index in [1.54, 1.807) is 0 Å². The van der Waals surface area contributed by atoms with Gasteiger partial charge >= 0.3 is 0 Å². The van der Waals surface area contributed by atoms with E-state index in [4.69, 9.17) is 4.42 Å². The minimum atomic E-state index is 0.214. The number of hydrogen-bond acceptors (Lipinski definition) is 2. The van der Waals surface area contributed by atoms with Crippen molar-refractivity contribution in [3.63, 3.8) is 0 Å². The lowest BCUT2D eigenvalue weighted by Gasteiger charge is -2.21. The molecule has 2 nitrogen and oxygen atoms in total. The molecule has 0 N–H and O–H groups in total. The molecular formula is C22H20O2. The van der Waals surface area contributed by atoms with E-state index in [2.05, 4.69) is 19.1 Å². The molecule has 2 aromatic carbocycles. The number of furan rings is 1. The molecule has 0 fully saturated rings. The van der Waals surface area contributed by atoms with Crippen LogP contribution in [-0.2, 0) is 12.8 Å². The van der Waals surface area contributed by atoms with Crippen LogP contribution in [0.2, 0.25) is 0 Å². The zero-order chi connectivity index (χ0) is 16.5. The molecule has 1 heterocycles. The highest BCUT2D eigenvalue weighted by atomic mass is 16.3. The Morgan fingerprint density at radius 3 is 2.29 bits per heavy atom. The van der Waals surface area contributed by atoms with Crippen molar-refractivity contribution in [1.82, 2.24) is 0 Å². The summed E-state index contributed by atoms with van der Waals surface area (Å²) < 4.78 is 6.22. The van der Waals surface area contributed by atoms with Crippen molar-refractivity contribution in [3.8, 4) is 11.3 Å². The first-order chi connectivity index (χ1) is 11.8. The molecule has 1 atom stereocenters. The van der Waals surface area contributed by atoms with E-state index in [0.717, 1.165) is 41.1 Å². The number of Topliss-reactive ketones (excluding diaryl/α,β-unsaturated/α-hetero) is 1. The molecule has 0 aliphatic heterocycles. The Morgan fingerprint density at radius 1 is 0.958 bits per heavy atom. The molecule has 120 valence electrons. The van der Waals surface area contributed by atoms with Crippen LogP contribution in [0.5, 0.6) is 0 Å². The second kappa shape index (κ2) is 6.12. The Kier molecular flexibility index (Phi) is 3.81. The minimum absolute atomic E-state index is 0.214. The fourth-order valence-corrected chi connectivity index (χ4v) is 3.73. The molecule has 24 heavy (non-hydrogen) atoms. The molecule has 0 radical (unpaired) electrons. The quantitative estimate of drug-likeness (QED) is 0.645. The molecule has 0 amide bonds. The van der Waals surface area contributed by atoms with Crippen LogP contribution in [0.3, 0.4) is 0 Å². The lowest BCUT2D eigenvalue weighted by atomic mass is 9.81. The second-order valence-electron chi connectivity index (χ2n) is 6.37. The van der Waals surface area contributed by atoms with E-state index in [1.165, 1.54) is 5.56 Å². The maximum Gasteiger partial charge on any atom is 0.167 e. The summed E-state index contributed by atoms with van der Waals surface area (Å²) in [6.45, 7) is 2.09. The number of ketones is 1. The smallest absolute Gasteiger partial charge is 0.167 e. The molecule has 1 aromatic heterocycles. The Labute approximate surface area is 142 Å². The van der Waals surface area contributed by atoms with E-state index < -0.39 is 0 Å². The zero-order valence-corrected chi connectivity index (χ0v) is 13.8. The van der Waals surface area contributed by atoms with Gasteiger partial charge in [-0.05, 0) is 17.9 Å². The largest absolute Gasteiger partial charge is 0.460 e. The Morgan fingerprint density at radius 2 is 1.62 bits per heavy atom. The maximum atomic E-state index is 12.8. The monoisotopic (exact) mass is 316 g/mol. The van der Waals surface area contributed by atoms with Gasteiger partial charge in [0.05, 0.1) is 5.56 Å². The molecule has 4 rings (SSSR count). The van der Waals surface area contributed by atoms with Crippen molar-refractivity contribution in [1.29, 1.82) is 0 Å². The molecule has 0 bridgehead atoms.